The molecule has 0 radical (unpaired) electrons. The molecule has 176 valence electrons. The lowest BCUT2D eigenvalue weighted by Crippen LogP contribution is -2.18. The van der Waals surface area contributed by atoms with E-state index in [0.717, 1.165) is 16.2 Å². The quantitative estimate of drug-likeness (QED) is 0.378. The van der Waals surface area contributed by atoms with Crippen LogP contribution in [0.3, 0.4) is 0 Å². The van der Waals surface area contributed by atoms with Crippen LogP contribution in [0.4, 0.5) is 5.95 Å². The van der Waals surface area contributed by atoms with Crippen molar-refractivity contribution in [2.45, 2.75) is 6.54 Å². The fourth-order valence-corrected chi connectivity index (χ4v) is 3.98. The number of thiophene rings is 1. The van der Waals surface area contributed by atoms with E-state index in [0.29, 0.717) is 41.1 Å². The van der Waals surface area contributed by atoms with Gasteiger partial charge in [-0.3, -0.25) is 4.79 Å². The third-order valence-electron chi connectivity index (χ3n) is 5.06. The summed E-state index contributed by atoms with van der Waals surface area (Å²) < 4.78 is 22.6. The minimum atomic E-state index is -0.396. The molecule has 4 rings (SSSR count). The molecule has 9 nitrogen and oxygen atoms in total. The lowest BCUT2D eigenvalue weighted by molar-refractivity contribution is 0.0946. The predicted octanol–water partition coefficient (Wildman–Crippen LogP) is 4.34. The molecule has 1 N–H and O–H groups in total. The lowest BCUT2D eigenvalue weighted by atomic mass is 10.1. The van der Waals surface area contributed by atoms with Crippen LogP contribution in [0.2, 0.25) is 0 Å². The van der Waals surface area contributed by atoms with Crippen LogP contribution in [-0.4, -0.2) is 49.1 Å². The van der Waals surface area contributed by atoms with Crippen molar-refractivity contribution >= 4 is 23.2 Å². The number of rotatable bonds is 9. The van der Waals surface area contributed by atoms with Gasteiger partial charge in [-0.05, 0) is 41.3 Å². The Balaban J connectivity index is 1.70. The largest absolute Gasteiger partial charge is 0.497 e. The number of hydrogen-bond acceptors (Lipinski definition) is 9. The summed E-state index contributed by atoms with van der Waals surface area (Å²) in [7, 11) is 6.12. The summed E-state index contributed by atoms with van der Waals surface area (Å²) in [5, 5.41) is 9.65. The van der Waals surface area contributed by atoms with Gasteiger partial charge in [0.05, 0.1) is 33.3 Å². The first-order valence-corrected chi connectivity index (χ1v) is 11.2. The van der Waals surface area contributed by atoms with Crippen LogP contribution in [0, 0.1) is 0 Å². The monoisotopic (exact) mass is 480 g/mol. The highest BCUT2D eigenvalue weighted by Crippen LogP contribution is 2.38. The SMILES string of the molecule is COc1ccc(CNc2nc(-c3cccs3)nn2C(=O)c2cc(OC)c(OC)c(OC)c2)cc1. The van der Waals surface area contributed by atoms with Crippen molar-refractivity contribution in [3.63, 3.8) is 0 Å². The van der Waals surface area contributed by atoms with Gasteiger partial charge in [0.1, 0.15) is 5.75 Å². The molecule has 10 heteroatoms. The smallest absolute Gasteiger partial charge is 0.281 e. The van der Waals surface area contributed by atoms with Gasteiger partial charge in [-0.15, -0.1) is 16.4 Å². The topological polar surface area (TPSA) is 96.7 Å². The maximum atomic E-state index is 13.5. The lowest BCUT2D eigenvalue weighted by Gasteiger charge is -2.14. The molecule has 0 atom stereocenters. The van der Waals surface area contributed by atoms with Gasteiger partial charge in [-0.25, -0.2) is 0 Å². The fourth-order valence-electron chi connectivity index (χ4n) is 3.33. The molecule has 0 spiro atoms. The zero-order chi connectivity index (χ0) is 24.1. The number of anilines is 1. The van der Waals surface area contributed by atoms with Gasteiger partial charge >= 0.3 is 0 Å². The van der Waals surface area contributed by atoms with Gasteiger partial charge in [-0.2, -0.15) is 9.67 Å². The van der Waals surface area contributed by atoms with Crippen LogP contribution in [0.5, 0.6) is 23.0 Å². The molecule has 0 aliphatic rings. The third-order valence-corrected chi connectivity index (χ3v) is 5.93. The van der Waals surface area contributed by atoms with Gasteiger partial charge in [-0.1, -0.05) is 18.2 Å². The van der Waals surface area contributed by atoms with E-state index in [1.54, 1.807) is 19.2 Å². The molecule has 0 amide bonds. The van der Waals surface area contributed by atoms with Gasteiger partial charge in [0.15, 0.2) is 17.3 Å². The number of aromatic nitrogens is 3. The van der Waals surface area contributed by atoms with E-state index in [2.05, 4.69) is 15.4 Å². The first-order chi connectivity index (χ1) is 16.6. The summed E-state index contributed by atoms with van der Waals surface area (Å²) in [4.78, 5) is 19.0. The third kappa shape index (κ3) is 4.67. The number of nitrogens with one attached hydrogen (secondary N) is 1. The Bertz CT molecular complexity index is 1240. The Morgan fingerprint density at radius 1 is 0.971 bits per heavy atom. The molecular weight excluding hydrogens is 456 g/mol. The average Bonchev–Trinajstić information content (AvgIpc) is 3.56. The maximum absolute atomic E-state index is 13.5. The molecule has 0 saturated carbocycles. The number of carbonyl (C=O) groups excluding carboxylic acids is 1. The van der Waals surface area contributed by atoms with E-state index < -0.39 is 5.91 Å². The molecule has 0 unspecified atom stereocenters. The van der Waals surface area contributed by atoms with Crippen molar-refractivity contribution in [3.8, 4) is 33.7 Å². The Labute approximate surface area is 200 Å². The van der Waals surface area contributed by atoms with E-state index in [1.807, 2.05) is 41.8 Å². The van der Waals surface area contributed by atoms with Crippen LogP contribution >= 0.6 is 11.3 Å². The van der Waals surface area contributed by atoms with E-state index in [-0.39, 0.29) is 0 Å². The van der Waals surface area contributed by atoms with E-state index in [4.69, 9.17) is 18.9 Å². The Kier molecular flexibility index (Phi) is 6.98. The minimum Gasteiger partial charge on any atom is -0.497 e. The number of carbonyl (C=O) groups is 1. The van der Waals surface area contributed by atoms with Crippen LogP contribution in [0.1, 0.15) is 15.9 Å². The first-order valence-electron chi connectivity index (χ1n) is 10.3. The highest BCUT2D eigenvalue weighted by Gasteiger charge is 2.23. The van der Waals surface area contributed by atoms with Crippen LogP contribution in [0.15, 0.2) is 53.9 Å². The van der Waals surface area contributed by atoms with Crippen molar-refractivity contribution < 1.29 is 23.7 Å². The molecule has 34 heavy (non-hydrogen) atoms. The van der Waals surface area contributed by atoms with Crippen molar-refractivity contribution in [3.05, 3.63) is 65.0 Å². The summed E-state index contributed by atoms with van der Waals surface area (Å²) in [6, 6.07) is 14.6. The number of nitrogens with zero attached hydrogens (tertiary/aromatic N) is 3. The Morgan fingerprint density at radius 2 is 1.68 bits per heavy atom. The number of methoxy groups -OCH3 is 4. The number of hydrogen-bond donors (Lipinski definition) is 1. The summed E-state index contributed by atoms with van der Waals surface area (Å²) in [5.74, 6) is 2.28. The van der Waals surface area contributed by atoms with Crippen LogP contribution in [0.25, 0.3) is 10.7 Å². The van der Waals surface area contributed by atoms with Gasteiger partial charge in [0, 0.05) is 12.1 Å². The molecule has 0 aliphatic heterocycles. The zero-order valence-corrected chi connectivity index (χ0v) is 20.0. The van der Waals surface area contributed by atoms with Crippen molar-refractivity contribution in [2.75, 3.05) is 33.8 Å². The van der Waals surface area contributed by atoms with E-state index in [1.165, 1.54) is 37.3 Å². The van der Waals surface area contributed by atoms with Crippen LogP contribution < -0.4 is 24.3 Å². The zero-order valence-electron chi connectivity index (χ0n) is 19.2. The molecule has 2 aromatic carbocycles. The average molecular weight is 481 g/mol. The fraction of sp³-hybridized carbons (Fsp3) is 0.208. The molecule has 4 aromatic rings. The van der Waals surface area contributed by atoms with Crippen molar-refractivity contribution in [1.29, 1.82) is 0 Å². The Morgan fingerprint density at radius 3 is 2.24 bits per heavy atom. The van der Waals surface area contributed by atoms with Crippen LogP contribution in [-0.2, 0) is 6.54 Å². The normalized spacial score (nSPS) is 10.6. The standard InChI is InChI=1S/C24H24N4O5S/c1-30-17-9-7-15(8-10-17)14-25-24-26-22(20-6-5-11-34-20)27-28(24)23(29)16-12-18(31-2)21(33-4)19(13-16)32-3/h5-13H,14H2,1-4H3,(H,25,26,27). The second kappa shape index (κ2) is 10.3. The van der Waals surface area contributed by atoms with Crippen molar-refractivity contribution in [1.82, 2.24) is 14.8 Å². The predicted molar refractivity (Wildman–Crippen MR) is 129 cm³/mol. The first kappa shape index (κ1) is 23.1. The second-order valence-corrected chi connectivity index (χ2v) is 8.02. The summed E-state index contributed by atoms with van der Waals surface area (Å²) in [6.45, 7) is 0.440. The van der Waals surface area contributed by atoms with Gasteiger partial charge in [0.2, 0.25) is 11.7 Å². The van der Waals surface area contributed by atoms with E-state index >= 15 is 0 Å². The van der Waals surface area contributed by atoms with Gasteiger partial charge < -0.3 is 24.3 Å². The summed E-state index contributed by atoms with van der Waals surface area (Å²) >= 11 is 1.49. The molecule has 0 bridgehead atoms. The highest BCUT2D eigenvalue weighted by atomic mass is 32.1. The number of ether oxygens (including phenoxy) is 4. The minimum absolute atomic E-state index is 0.310. The summed E-state index contributed by atoms with van der Waals surface area (Å²) in [5.41, 5.74) is 1.30. The molecule has 2 aromatic heterocycles. The molecular formula is C24H24N4O5S. The van der Waals surface area contributed by atoms with Crippen molar-refractivity contribution in [2.24, 2.45) is 0 Å². The molecule has 0 fully saturated rings. The molecule has 2 heterocycles. The highest BCUT2D eigenvalue weighted by molar-refractivity contribution is 7.13. The maximum Gasteiger partial charge on any atom is 0.281 e. The summed E-state index contributed by atoms with van der Waals surface area (Å²) in [6.07, 6.45) is 0. The molecule has 0 saturated heterocycles. The second-order valence-electron chi connectivity index (χ2n) is 7.07. The molecule has 0 aliphatic carbocycles. The number of benzene rings is 2. The Hall–Kier alpha value is -4.05. The van der Waals surface area contributed by atoms with E-state index in [9.17, 15) is 4.79 Å². The van der Waals surface area contributed by atoms with Gasteiger partial charge in [0.25, 0.3) is 5.91 Å².